The summed E-state index contributed by atoms with van der Waals surface area (Å²) in [5, 5.41) is 9.71. The van der Waals surface area contributed by atoms with Gasteiger partial charge in [0.2, 0.25) is 20.2 Å². The quantitative estimate of drug-likeness (QED) is 0.371. The number of hydrogen-bond acceptors (Lipinski definition) is 5. The molecule has 1 fully saturated rings. The van der Waals surface area contributed by atoms with Crippen molar-refractivity contribution in [2.45, 2.75) is 75.9 Å². The highest BCUT2D eigenvalue weighted by atomic mass is 28.4. The van der Waals surface area contributed by atoms with Crippen LogP contribution in [0.15, 0.2) is 42.5 Å². The third kappa shape index (κ3) is 5.24. The summed E-state index contributed by atoms with van der Waals surface area (Å²) in [7, 11) is -1.72. The number of aryl methyl sites for hydroxylation is 1. The van der Waals surface area contributed by atoms with Crippen molar-refractivity contribution in [1.29, 1.82) is 0 Å². The largest absolute Gasteiger partial charge is 0.490 e. The molecule has 5 rings (SSSR count). The number of nitrogens with zero attached hydrogens (tertiary/aromatic N) is 2. The molecule has 0 aromatic heterocycles. The first-order valence-electron chi connectivity index (χ1n) is 14.0. The highest BCUT2D eigenvalue weighted by Gasteiger charge is 2.49. The first-order chi connectivity index (χ1) is 18.6. The monoisotopic (exact) mass is 554 g/mol. The number of hydrogen-bond donors (Lipinski definition) is 1. The standard InChI is InChI=1S/C30H39FN2O5Si/c1-19-29(37-2)23-16-21(33-24-10-6-5-8-20(24)11-14-27(33)35)12-13-25(23)38-30(19)26(39(3,4)31)17-28(36)32-15-7-9-22(32)18-34/h5-6,8,10,12-13,16,19,22,26,29-30,34H,7,9,11,14-15,17-18H2,1-4H3/t19-,22+,26?,29-,30-/m1/s1. The summed E-state index contributed by atoms with van der Waals surface area (Å²) >= 11 is 0. The van der Waals surface area contributed by atoms with Crippen molar-refractivity contribution in [3.8, 4) is 5.75 Å². The van der Waals surface area contributed by atoms with Crippen LogP contribution in [0.25, 0.3) is 0 Å². The van der Waals surface area contributed by atoms with Gasteiger partial charge >= 0.3 is 0 Å². The number of rotatable bonds is 7. The fourth-order valence-electron chi connectivity index (χ4n) is 6.62. The number of para-hydroxylation sites is 1. The second-order valence-corrected chi connectivity index (χ2v) is 15.5. The van der Waals surface area contributed by atoms with Gasteiger partial charge in [0.1, 0.15) is 11.9 Å². The molecule has 0 bridgehead atoms. The summed E-state index contributed by atoms with van der Waals surface area (Å²) in [5.74, 6) is 0.284. The Hall–Kier alpha value is -2.75. The number of aliphatic hydroxyl groups is 1. The number of aliphatic hydroxyl groups excluding tert-OH is 1. The molecule has 210 valence electrons. The molecule has 2 amide bonds. The van der Waals surface area contributed by atoms with Gasteiger partial charge in [-0.05, 0) is 62.2 Å². The summed E-state index contributed by atoms with van der Waals surface area (Å²) in [5.41, 5.74) is 3.00. The van der Waals surface area contributed by atoms with E-state index in [1.54, 1.807) is 30.0 Å². The number of ether oxygens (including phenoxy) is 2. The van der Waals surface area contributed by atoms with Crippen molar-refractivity contribution in [2.75, 3.05) is 25.2 Å². The maximum absolute atomic E-state index is 15.9. The van der Waals surface area contributed by atoms with E-state index in [2.05, 4.69) is 6.07 Å². The summed E-state index contributed by atoms with van der Waals surface area (Å²) < 4.78 is 28.4. The summed E-state index contributed by atoms with van der Waals surface area (Å²) in [4.78, 5) is 29.8. The number of likely N-dealkylation sites (tertiary alicyclic amines) is 1. The zero-order valence-electron chi connectivity index (χ0n) is 23.2. The van der Waals surface area contributed by atoms with Crippen LogP contribution in [0.4, 0.5) is 15.5 Å². The fourth-order valence-corrected chi connectivity index (χ4v) is 8.44. The van der Waals surface area contributed by atoms with Crippen LogP contribution in [0.2, 0.25) is 18.6 Å². The molecule has 2 aromatic carbocycles. The highest BCUT2D eigenvalue weighted by molar-refractivity contribution is 6.72. The minimum absolute atomic E-state index is 0.0390. The van der Waals surface area contributed by atoms with Crippen LogP contribution in [0.5, 0.6) is 5.75 Å². The van der Waals surface area contributed by atoms with Crippen molar-refractivity contribution >= 4 is 31.6 Å². The van der Waals surface area contributed by atoms with Crippen molar-refractivity contribution in [1.82, 2.24) is 4.90 Å². The lowest BCUT2D eigenvalue weighted by molar-refractivity contribution is -0.133. The Morgan fingerprint density at radius 3 is 2.72 bits per heavy atom. The van der Waals surface area contributed by atoms with Crippen LogP contribution in [0.1, 0.15) is 49.8 Å². The highest BCUT2D eigenvalue weighted by Crippen LogP contribution is 2.49. The minimum Gasteiger partial charge on any atom is -0.490 e. The topological polar surface area (TPSA) is 79.3 Å². The molecule has 3 heterocycles. The molecule has 39 heavy (non-hydrogen) atoms. The van der Waals surface area contributed by atoms with Crippen molar-refractivity contribution in [3.63, 3.8) is 0 Å². The van der Waals surface area contributed by atoms with Crippen LogP contribution in [0, 0.1) is 5.92 Å². The Labute approximate surface area is 231 Å². The van der Waals surface area contributed by atoms with Gasteiger partial charge in [-0.15, -0.1) is 0 Å². The molecule has 5 atom stereocenters. The molecule has 3 aliphatic heterocycles. The zero-order chi connectivity index (χ0) is 27.9. The van der Waals surface area contributed by atoms with Gasteiger partial charge in [0, 0.05) is 49.2 Å². The van der Waals surface area contributed by atoms with E-state index in [0.717, 1.165) is 41.8 Å². The summed E-state index contributed by atoms with van der Waals surface area (Å²) in [6.45, 7) is 5.77. The van der Waals surface area contributed by atoms with E-state index in [1.165, 1.54) is 0 Å². The van der Waals surface area contributed by atoms with E-state index in [9.17, 15) is 14.7 Å². The van der Waals surface area contributed by atoms with Crippen molar-refractivity contribution in [2.24, 2.45) is 5.92 Å². The molecule has 9 heteroatoms. The average Bonchev–Trinajstić information content (AvgIpc) is 3.40. The lowest BCUT2D eigenvalue weighted by atomic mass is 9.86. The van der Waals surface area contributed by atoms with E-state index in [4.69, 9.17) is 9.47 Å². The molecule has 0 spiro atoms. The van der Waals surface area contributed by atoms with Gasteiger partial charge in [-0.25, -0.2) is 0 Å². The second kappa shape index (κ2) is 11.0. The molecule has 2 aromatic rings. The smallest absolute Gasteiger partial charge is 0.248 e. The minimum atomic E-state index is -3.36. The van der Waals surface area contributed by atoms with Gasteiger partial charge < -0.3 is 23.6 Å². The van der Waals surface area contributed by atoms with E-state index in [0.29, 0.717) is 18.7 Å². The van der Waals surface area contributed by atoms with Crippen molar-refractivity contribution in [3.05, 3.63) is 53.6 Å². The van der Waals surface area contributed by atoms with E-state index in [-0.39, 0.29) is 42.9 Å². The summed E-state index contributed by atoms with van der Waals surface area (Å²) in [6.07, 6.45) is 1.89. The summed E-state index contributed by atoms with van der Waals surface area (Å²) in [6, 6.07) is 13.4. The van der Waals surface area contributed by atoms with Gasteiger partial charge in [-0.1, -0.05) is 25.1 Å². The average molecular weight is 555 g/mol. The number of amides is 2. The number of halogens is 1. The Balaban J connectivity index is 1.46. The predicted octanol–water partition coefficient (Wildman–Crippen LogP) is 5.30. The van der Waals surface area contributed by atoms with Gasteiger partial charge in [-0.2, -0.15) is 0 Å². The molecule has 1 N–H and O–H groups in total. The van der Waals surface area contributed by atoms with Crippen molar-refractivity contribution < 1.29 is 28.3 Å². The number of carbonyl (C=O) groups excluding carboxylic acids is 2. The first-order valence-corrected chi connectivity index (χ1v) is 16.9. The SMILES string of the molecule is CO[C@H]1c2cc(N3C(=O)CCc4ccccc43)ccc2O[C@@H](C(CC(=O)N2CCC[C@H]2CO)[Si](C)(C)F)[C@@H]1C. The Kier molecular flexibility index (Phi) is 7.86. The van der Waals surface area contributed by atoms with Gasteiger partial charge in [0.05, 0.1) is 24.4 Å². The molecule has 0 saturated carbocycles. The molecule has 1 saturated heterocycles. The van der Waals surface area contributed by atoms with Crippen LogP contribution < -0.4 is 9.64 Å². The molecule has 0 radical (unpaired) electrons. The Morgan fingerprint density at radius 2 is 2.00 bits per heavy atom. The number of methoxy groups -OCH3 is 1. The van der Waals surface area contributed by atoms with E-state index in [1.807, 2.05) is 43.3 Å². The lowest BCUT2D eigenvalue weighted by Crippen LogP contribution is -2.48. The number of benzene rings is 2. The molecule has 1 unspecified atom stereocenters. The number of carbonyl (C=O) groups is 2. The first kappa shape index (κ1) is 27.8. The normalized spacial score (nSPS) is 25.6. The zero-order valence-corrected chi connectivity index (χ0v) is 24.2. The second-order valence-electron chi connectivity index (χ2n) is 11.6. The van der Waals surface area contributed by atoms with Gasteiger partial charge in [-0.3, -0.25) is 14.5 Å². The Morgan fingerprint density at radius 1 is 1.23 bits per heavy atom. The van der Waals surface area contributed by atoms with Crippen LogP contribution in [-0.2, 0) is 20.7 Å². The fraction of sp³-hybridized carbons (Fsp3) is 0.533. The molecular weight excluding hydrogens is 515 g/mol. The third-order valence-corrected chi connectivity index (χ3v) is 11.0. The molecule has 0 aliphatic carbocycles. The molecular formula is C30H39FN2O5Si. The maximum Gasteiger partial charge on any atom is 0.248 e. The van der Waals surface area contributed by atoms with Gasteiger partial charge in [0.15, 0.2) is 0 Å². The van der Waals surface area contributed by atoms with Crippen LogP contribution in [-0.4, -0.2) is 62.6 Å². The van der Waals surface area contributed by atoms with Crippen LogP contribution >= 0.6 is 0 Å². The number of fused-ring (bicyclic) bond motifs is 2. The van der Waals surface area contributed by atoms with E-state index >= 15 is 4.11 Å². The third-order valence-electron chi connectivity index (χ3n) is 8.74. The maximum atomic E-state index is 15.9. The molecule has 3 aliphatic rings. The lowest BCUT2D eigenvalue weighted by Gasteiger charge is -2.43. The Bertz CT molecular complexity index is 1230. The van der Waals surface area contributed by atoms with Gasteiger partial charge in [0.25, 0.3) is 0 Å². The molecule has 7 nitrogen and oxygen atoms in total. The van der Waals surface area contributed by atoms with Crippen LogP contribution in [0.3, 0.4) is 0 Å². The number of anilines is 2. The predicted molar refractivity (Wildman–Crippen MR) is 150 cm³/mol. The van der Waals surface area contributed by atoms with E-state index < -0.39 is 20.1 Å².